The maximum Gasteiger partial charge on any atom is 0.303 e. The summed E-state index contributed by atoms with van der Waals surface area (Å²) in [5, 5.41) is 13.7. The molecule has 6 nitrogen and oxygen atoms in total. The monoisotopic (exact) mass is 349 g/mol. The molecule has 2 heterocycles. The van der Waals surface area contributed by atoms with Crippen molar-refractivity contribution in [2.45, 2.75) is 60.9 Å². The van der Waals surface area contributed by atoms with Crippen LogP contribution < -0.4 is 0 Å². The summed E-state index contributed by atoms with van der Waals surface area (Å²) in [7, 11) is 0. The van der Waals surface area contributed by atoms with Crippen molar-refractivity contribution >= 4 is 11.9 Å². The molecule has 25 heavy (non-hydrogen) atoms. The number of carboxylic acids is 1. The number of aryl methyl sites for hydroxylation is 1. The third kappa shape index (κ3) is 4.41. The maximum absolute atomic E-state index is 12.8. The van der Waals surface area contributed by atoms with Crippen LogP contribution in [0.4, 0.5) is 0 Å². The van der Waals surface area contributed by atoms with E-state index in [9.17, 15) is 9.59 Å². The summed E-state index contributed by atoms with van der Waals surface area (Å²) in [6.45, 7) is 14.3. The molecule has 0 spiro atoms. The van der Waals surface area contributed by atoms with Gasteiger partial charge in [0, 0.05) is 30.9 Å². The predicted molar refractivity (Wildman–Crippen MR) is 96.3 cm³/mol. The second kappa shape index (κ2) is 7.18. The van der Waals surface area contributed by atoms with E-state index >= 15 is 0 Å². The molecule has 1 amide bonds. The zero-order valence-corrected chi connectivity index (χ0v) is 16.3. The second-order valence-corrected chi connectivity index (χ2v) is 8.46. The molecule has 1 N–H and O–H groups in total. The third-order valence-corrected chi connectivity index (χ3v) is 5.32. The van der Waals surface area contributed by atoms with Crippen molar-refractivity contribution in [3.05, 3.63) is 17.0 Å². The molecule has 140 valence electrons. The number of likely N-dealkylation sites (tertiary alicyclic amines) is 1. The van der Waals surface area contributed by atoms with Crippen LogP contribution in [0.3, 0.4) is 0 Å². The van der Waals surface area contributed by atoms with E-state index in [4.69, 9.17) is 5.11 Å². The minimum absolute atomic E-state index is 0.000178. The minimum atomic E-state index is -0.797. The van der Waals surface area contributed by atoms with Crippen LogP contribution in [0.2, 0.25) is 0 Å². The highest BCUT2D eigenvalue weighted by molar-refractivity contribution is 5.80. The number of carbonyl (C=O) groups excluding carboxylic acids is 1. The maximum atomic E-state index is 12.8. The summed E-state index contributed by atoms with van der Waals surface area (Å²) in [4.78, 5) is 25.7. The van der Waals surface area contributed by atoms with E-state index in [0.29, 0.717) is 25.4 Å². The lowest BCUT2D eigenvalue weighted by Crippen LogP contribution is -2.31. The van der Waals surface area contributed by atoms with Gasteiger partial charge in [-0.2, -0.15) is 5.10 Å². The summed E-state index contributed by atoms with van der Waals surface area (Å²) < 4.78 is 1.99. The second-order valence-electron chi connectivity index (χ2n) is 8.46. The molecule has 1 aromatic rings. The summed E-state index contributed by atoms with van der Waals surface area (Å²) in [5.41, 5.74) is 2.80. The number of aliphatic carboxylic acids is 1. The molecule has 1 saturated heterocycles. The van der Waals surface area contributed by atoms with E-state index in [1.54, 1.807) is 0 Å². The molecular formula is C19H31N3O3. The van der Waals surface area contributed by atoms with Gasteiger partial charge in [0.15, 0.2) is 0 Å². The van der Waals surface area contributed by atoms with E-state index in [2.05, 4.69) is 18.9 Å². The summed E-state index contributed by atoms with van der Waals surface area (Å²) >= 11 is 0. The van der Waals surface area contributed by atoms with Crippen molar-refractivity contribution in [3.63, 3.8) is 0 Å². The Bertz CT molecular complexity index is 661. The van der Waals surface area contributed by atoms with Crippen LogP contribution in [0, 0.1) is 31.1 Å². The normalized spacial score (nSPS) is 19.6. The Kier molecular flexibility index (Phi) is 5.59. The Morgan fingerprint density at radius 1 is 1.32 bits per heavy atom. The summed E-state index contributed by atoms with van der Waals surface area (Å²) in [5.74, 6) is -0.234. The number of nitrogens with zero attached hydrogens (tertiary/aromatic N) is 3. The molecule has 6 heteroatoms. The first-order chi connectivity index (χ1) is 11.5. The van der Waals surface area contributed by atoms with Crippen LogP contribution in [0.25, 0.3) is 0 Å². The standard InChI is InChI=1S/C19H31N3O3/c1-12(2)9-22-14(4)16(13(3)20-22)8-17(23)21-10-15(7-18(24)25)19(5,6)11-21/h12,15H,7-11H2,1-6H3,(H,24,25). The highest BCUT2D eigenvalue weighted by atomic mass is 16.4. The van der Waals surface area contributed by atoms with Crippen molar-refractivity contribution in [2.75, 3.05) is 13.1 Å². The molecule has 0 aromatic carbocycles. The van der Waals surface area contributed by atoms with E-state index in [-0.39, 0.29) is 23.7 Å². The Morgan fingerprint density at radius 3 is 2.52 bits per heavy atom. The smallest absolute Gasteiger partial charge is 0.303 e. The number of hydrogen-bond acceptors (Lipinski definition) is 3. The zero-order chi connectivity index (χ0) is 18.9. The number of carboxylic acid groups (broad SMARTS) is 1. The van der Waals surface area contributed by atoms with Gasteiger partial charge >= 0.3 is 5.97 Å². The van der Waals surface area contributed by atoms with E-state index in [1.807, 2.05) is 37.3 Å². The zero-order valence-electron chi connectivity index (χ0n) is 16.3. The van der Waals surface area contributed by atoms with Gasteiger partial charge in [-0.15, -0.1) is 0 Å². The Balaban J connectivity index is 2.10. The fourth-order valence-corrected chi connectivity index (χ4v) is 3.72. The molecule has 1 unspecified atom stereocenters. The van der Waals surface area contributed by atoms with Gasteiger partial charge in [-0.05, 0) is 31.1 Å². The average Bonchev–Trinajstić information content (AvgIpc) is 2.89. The fourth-order valence-electron chi connectivity index (χ4n) is 3.72. The average molecular weight is 349 g/mol. The van der Waals surface area contributed by atoms with Gasteiger partial charge in [-0.3, -0.25) is 14.3 Å². The SMILES string of the molecule is Cc1nn(CC(C)C)c(C)c1CC(=O)N1CC(CC(=O)O)C(C)(C)C1. The van der Waals surface area contributed by atoms with E-state index < -0.39 is 5.97 Å². The van der Waals surface area contributed by atoms with Gasteiger partial charge in [-0.1, -0.05) is 27.7 Å². The lowest BCUT2D eigenvalue weighted by molar-refractivity contribution is -0.139. The first-order valence-corrected chi connectivity index (χ1v) is 9.03. The first-order valence-electron chi connectivity index (χ1n) is 9.03. The fraction of sp³-hybridized carbons (Fsp3) is 0.737. The Morgan fingerprint density at radius 2 is 1.96 bits per heavy atom. The lowest BCUT2D eigenvalue weighted by atomic mass is 9.80. The topological polar surface area (TPSA) is 75.4 Å². The number of rotatable bonds is 6. The van der Waals surface area contributed by atoms with Crippen molar-refractivity contribution < 1.29 is 14.7 Å². The first kappa shape index (κ1) is 19.5. The quantitative estimate of drug-likeness (QED) is 0.857. The molecule has 1 aliphatic rings. The molecule has 2 rings (SSSR count). The largest absolute Gasteiger partial charge is 0.481 e. The molecule has 1 aromatic heterocycles. The lowest BCUT2D eigenvalue weighted by Gasteiger charge is -2.23. The molecule has 1 aliphatic heterocycles. The van der Waals surface area contributed by atoms with Crippen LogP contribution in [-0.4, -0.2) is 44.8 Å². The Hall–Kier alpha value is -1.85. The van der Waals surface area contributed by atoms with Crippen molar-refractivity contribution in [1.29, 1.82) is 0 Å². The number of aromatic nitrogens is 2. The van der Waals surface area contributed by atoms with Gasteiger partial charge in [-0.25, -0.2) is 0 Å². The summed E-state index contributed by atoms with van der Waals surface area (Å²) in [6.07, 6.45) is 0.451. The minimum Gasteiger partial charge on any atom is -0.481 e. The molecule has 1 atom stereocenters. The van der Waals surface area contributed by atoms with Crippen molar-refractivity contribution in [1.82, 2.24) is 14.7 Å². The van der Waals surface area contributed by atoms with Gasteiger partial charge < -0.3 is 10.0 Å². The van der Waals surface area contributed by atoms with E-state index in [0.717, 1.165) is 23.5 Å². The van der Waals surface area contributed by atoms with Gasteiger partial charge in [0.25, 0.3) is 0 Å². The Labute approximate surface area is 150 Å². The molecule has 0 aliphatic carbocycles. The molecule has 0 bridgehead atoms. The van der Waals surface area contributed by atoms with Crippen LogP contribution >= 0.6 is 0 Å². The van der Waals surface area contributed by atoms with Gasteiger partial charge in [0.2, 0.25) is 5.91 Å². The van der Waals surface area contributed by atoms with Gasteiger partial charge in [0.05, 0.1) is 18.5 Å². The molecule has 0 saturated carbocycles. The van der Waals surface area contributed by atoms with Crippen LogP contribution in [0.5, 0.6) is 0 Å². The number of carbonyl (C=O) groups is 2. The predicted octanol–water partition coefficient (Wildman–Crippen LogP) is 2.66. The van der Waals surface area contributed by atoms with Crippen molar-refractivity contribution in [3.8, 4) is 0 Å². The molecular weight excluding hydrogens is 318 g/mol. The van der Waals surface area contributed by atoms with Crippen molar-refractivity contribution in [2.24, 2.45) is 17.3 Å². The summed E-state index contributed by atoms with van der Waals surface area (Å²) in [6, 6.07) is 0. The molecule has 0 radical (unpaired) electrons. The van der Waals surface area contributed by atoms with Crippen LogP contribution in [0.1, 0.15) is 51.1 Å². The highest BCUT2D eigenvalue weighted by Gasteiger charge is 2.42. The third-order valence-electron chi connectivity index (χ3n) is 5.32. The molecule has 1 fully saturated rings. The van der Waals surface area contributed by atoms with Crippen LogP contribution in [-0.2, 0) is 22.6 Å². The van der Waals surface area contributed by atoms with E-state index in [1.165, 1.54) is 0 Å². The van der Waals surface area contributed by atoms with Gasteiger partial charge in [0.1, 0.15) is 0 Å². The number of amides is 1. The highest BCUT2D eigenvalue weighted by Crippen LogP contribution is 2.37. The number of hydrogen-bond donors (Lipinski definition) is 1. The van der Waals surface area contributed by atoms with Crippen LogP contribution in [0.15, 0.2) is 0 Å².